The average molecular weight is 305 g/mol. The maximum atomic E-state index is 11.3. The van der Waals surface area contributed by atoms with Gasteiger partial charge in [-0.1, -0.05) is 0 Å². The zero-order chi connectivity index (χ0) is 15.2. The Morgan fingerprint density at radius 2 is 2.10 bits per heavy atom. The van der Waals surface area contributed by atoms with Crippen molar-refractivity contribution in [2.75, 3.05) is 27.7 Å². The first kappa shape index (κ1) is 15.5. The molecule has 5 nitrogen and oxygen atoms in total. The van der Waals surface area contributed by atoms with Gasteiger partial charge < -0.3 is 10.1 Å². The molecule has 0 saturated carbocycles. The second-order valence-corrected chi connectivity index (χ2v) is 5.58. The van der Waals surface area contributed by atoms with Crippen molar-refractivity contribution in [3.63, 3.8) is 0 Å². The Morgan fingerprint density at radius 1 is 1.38 bits per heavy atom. The normalized spacial score (nSPS) is 10.7. The van der Waals surface area contributed by atoms with E-state index in [1.807, 2.05) is 41.6 Å². The number of amides is 1. The highest BCUT2D eigenvalue weighted by atomic mass is 32.1. The van der Waals surface area contributed by atoms with Crippen molar-refractivity contribution in [1.82, 2.24) is 15.2 Å². The Hall–Kier alpha value is -1.92. The summed E-state index contributed by atoms with van der Waals surface area (Å²) in [5.74, 6) is 0.837. The van der Waals surface area contributed by atoms with E-state index in [9.17, 15) is 4.79 Å². The molecule has 1 aromatic heterocycles. The molecule has 2 rings (SSSR count). The number of carbonyl (C=O) groups excluding carboxylic acids is 1. The molecule has 1 heterocycles. The molecule has 112 valence electrons. The lowest BCUT2D eigenvalue weighted by Gasteiger charge is -2.13. The van der Waals surface area contributed by atoms with Crippen LogP contribution in [-0.4, -0.2) is 43.5 Å². The Balaban J connectivity index is 2.01. The monoisotopic (exact) mass is 305 g/mol. The molecule has 0 aliphatic heterocycles. The number of benzene rings is 1. The van der Waals surface area contributed by atoms with Gasteiger partial charge in [0.2, 0.25) is 5.91 Å². The van der Waals surface area contributed by atoms with Crippen LogP contribution in [0.15, 0.2) is 29.6 Å². The van der Waals surface area contributed by atoms with Crippen LogP contribution in [0.25, 0.3) is 10.6 Å². The van der Waals surface area contributed by atoms with Gasteiger partial charge in [-0.3, -0.25) is 9.69 Å². The SMILES string of the molecule is CNC(=O)CN(C)Cc1csc(-c2ccc(OC)cc2)n1. The number of nitrogens with one attached hydrogen (secondary N) is 1. The lowest BCUT2D eigenvalue weighted by Crippen LogP contribution is -2.32. The van der Waals surface area contributed by atoms with Gasteiger partial charge >= 0.3 is 0 Å². The minimum absolute atomic E-state index is 0.00288. The van der Waals surface area contributed by atoms with Crippen LogP contribution in [0.3, 0.4) is 0 Å². The minimum atomic E-state index is 0.00288. The van der Waals surface area contributed by atoms with Crippen molar-refractivity contribution in [2.45, 2.75) is 6.54 Å². The molecule has 2 aromatic rings. The van der Waals surface area contributed by atoms with Gasteiger partial charge in [-0.2, -0.15) is 0 Å². The number of hydrogen-bond acceptors (Lipinski definition) is 5. The molecule has 1 N–H and O–H groups in total. The van der Waals surface area contributed by atoms with Crippen LogP contribution in [0, 0.1) is 0 Å². The van der Waals surface area contributed by atoms with Gasteiger partial charge in [-0.25, -0.2) is 4.98 Å². The fourth-order valence-electron chi connectivity index (χ4n) is 1.90. The van der Waals surface area contributed by atoms with Crippen molar-refractivity contribution in [3.05, 3.63) is 35.3 Å². The lowest BCUT2D eigenvalue weighted by molar-refractivity contribution is -0.121. The van der Waals surface area contributed by atoms with E-state index >= 15 is 0 Å². The van der Waals surface area contributed by atoms with Crippen molar-refractivity contribution < 1.29 is 9.53 Å². The van der Waals surface area contributed by atoms with Gasteiger partial charge in [-0.05, 0) is 31.3 Å². The predicted molar refractivity (Wildman–Crippen MR) is 84.5 cm³/mol. The summed E-state index contributed by atoms with van der Waals surface area (Å²) in [7, 11) is 5.20. The summed E-state index contributed by atoms with van der Waals surface area (Å²) in [6.45, 7) is 1.02. The van der Waals surface area contributed by atoms with E-state index in [4.69, 9.17) is 4.74 Å². The number of rotatable bonds is 6. The van der Waals surface area contributed by atoms with E-state index in [-0.39, 0.29) is 5.91 Å². The van der Waals surface area contributed by atoms with Gasteiger partial charge in [0.05, 0.1) is 19.3 Å². The minimum Gasteiger partial charge on any atom is -0.497 e. The maximum absolute atomic E-state index is 11.3. The maximum Gasteiger partial charge on any atom is 0.233 e. The molecule has 0 aliphatic rings. The average Bonchev–Trinajstić information content (AvgIpc) is 2.95. The van der Waals surface area contributed by atoms with E-state index in [1.54, 1.807) is 25.5 Å². The largest absolute Gasteiger partial charge is 0.497 e. The molecule has 0 aliphatic carbocycles. The number of ether oxygens (including phenoxy) is 1. The Morgan fingerprint density at radius 3 is 2.71 bits per heavy atom. The summed E-state index contributed by atoms with van der Waals surface area (Å²) >= 11 is 1.60. The summed E-state index contributed by atoms with van der Waals surface area (Å²) in [6.07, 6.45) is 0. The van der Waals surface area contributed by atoms with Crippen LogP contribution in [0.1, 0.15) is 5.69 Å². The summed E-state index contributed by atoms with van der Waals surface area (Å²) in [6, 6.07) is 7.84. The molecular weight excluding hydrogens is 286 g/mol. The third-order valence-corrected chi connectivity index (χ3v) is 3.95. The fourth-order valence-corrected chi connectivity index (χ4v) is 2.72. The number of thiazole rings is 1. The van der Waals surface area contributed by atoms with Crippen LogP contribution < -0.4 is 10.1 Å². The fraction of sp³-hybridized carbons (Fsp3) is 0.333. The highest BCUT2D eigenvalue weighted by molar-refractivity contribution is 7.13. The molecule has 0 spiro atoms. The predicted octanol–water partition coefficient (Wildman–Crippen LogP) is 2.00. The van der Waals surface area contributed by atoms with E-state index in [0.717, 1.165) is 22.0 Å². The van der Waals surface area contributed by atoms with Crippen LogP contribution in [0.5, 0.6) is 5.75 Å². The zero-order valence-corrected chi connectivity index (χ0v) is 13.2. The van der Waals surface area contributed by atoms with Gasteiger partial charge in [-0.15, -0.1) is 11.3 Å². The number of nitrogens with zero attached hydrogens (tertiary/aromatic N) is 2. The van der Waals surface area contributed by atoms with E-state index in [0.29, 0.717) is 13.1 Å². The molecule has 21 heavy (non-hydrogen) atoms. The molecule has 6 heteroatoms. The summed E-state index contributed by atoms with van der Waals surface area (Å²) in [4.78, 5) is 17.9. The molecule has 0 bridgehead atoms. The number of likely N-dealkylation sites (N-methyl/N-ethyl adjacent to an activating group) is 2. The first-order chi connectivity index (χ1) is 10.1. The zero-order valence-electron chi connectivity index (χ0n) is 12.4. The number of aromatic nitrogens is 1. The highest BCUT2D eigenvalue weighted by Gasteiger charge is 2.09. The number of hydrogen-bond donors (Lipinski definition) is 1. The van der Waals surface area contributed by atoms with Crippen molar-refractivity contribution in [1.29, 1.82) is 0 Å². The number of methoxy groups -OCH3 is 1. The first-order valence-electron chi connectivity index (χ1n) is 6.60. The van der Waals surface area contributed by atoms with Crippen LogP contribution in [0.2, 0.25) is 0 Å². The van der Waals surface area contributed by atoms with Crippen molar-refractivity contribution in [3.8, 4) is 16.3 Å². The summed E-state index contributed by atoms with van der Waals surface area (Å²) in [5.41, 5.74) is 2.04. The second-order valence-electron chi connectivity index (χ2n) is 4.72. The van der Waals surface area contributed by atoms with Gasteiger partial charge in [0.1, 0.15) is 10.8 Å². The van der Waals surface area contributed by atoms with Crippen molar-refractivity contribution >= 4 is 17.2 Å². The highest BCUT2D eigenvalue weighted by Crippen LogP contribution is 2.25. The Kier molecular flexibility index (Phi) is 5.30. The standard InChI is InChI=1S/C15H19N3O2S/c1-16-14(19)9-18(2)8-12-10-21-15(17-12)11-4-6-13(20-3)7-5-11/h4-7,10H,8-9H2,1-3H3,(H,16,19). The third kappa shape index (κ3) is 4.27. The molecule has 0 saturated heterocycles. The summed E-state index contributed by atoms with van der Waals surface area (Å²) in [5, 5.41) is 5.61. The van der Waals surface area contributed by atoms with Crippen molar-refractivity contribution in [2.24, 2.45) is 0 Å². The second kappa shape index (κ2) is 7.19. The van der Waals surface area contributed by atoms with Crippen LogP contribution in [-0.2, 0) is 11.3 Å². The molecule has 0 unspecified atom stereocenters. The molecule has 0 radical (unpaired) electrons. The van der Waals surface area contributed by atoms with Crippen LogP contribution >= 0.6 is 11.3 Å². The Labute approximate surface area is 128 Å². The van der Waals surface area contributed by atoms with Gasteiger partial charge in [0.15, 0.2) is 0 Å². The lowest BCUT2D eigenvalue weighted by atomic mass is 10.2. The quantitative estimate of drug-likeness (QED) is 0.887. The van der Waals surface area contributed by atoms with E-state index in [2.05, 4.69) is 10.3 Å². The molecule has 0 atom stereocenters. The van der Waals surface area contributed by atoms with Gasteiger partial charge in [0, 0.05) is 24.5 Å². The molecule has 0 fully saturated rings. The number of carbonyl (C=O) groups is 1. The van der Waals surface area contributed by atoms with Crippen LogP contribution in [0.4, 0.5) is 0 Å². The molecular formula is C15H19N3O2S. The third-order valence-electron chi connectivity index (χ3n) is 3.01. The van der Waals surface area contributed by atoms with Gasteiger partial charge in [0.25, 0.3) is 0 Å². The molecule has 1 amide bonds. The Bertz CT molecular complexity index is 595. The first-order valence-corrected chi connectivity index (χ1v) is 7.48. The topological polar surface area (TPSA) is 54.5 Å². The van der Waals surface area contributed by atoms with E-state index < -0.39 is 0 Å². The van der Waals surface area contributed by atoms with E-state index in [1.165, 1.54) is 0 Å². The smallest absolute Gasteiger partial charge is 0.233 e. The molecule has 1 aromatic carbocycles. The summed E-state index contributed by atoms with van der Waals surface area (Å²) < 4.78 is 5.15.